The van der Waals surface area contributed by atoms with Crippen molar-refractivity contribution >= 4 is 5.91 Å². The van der Waals surface area contributed by atoms with Gasteiger partial charge in [-0.1, -0.05) is 24.3 Å². The normalized spacial score (nSPS) is 28.6. The number of hydrogen-bond donors (Lipinski definition) is 1. The number of nitrogens with zero attached hydrogens (tertiary/aromatic N) is 2. The molecule has 124 valence electrons. The van der Waals surface area contributed by atoms with E-state index in [2.05, 4.69) is 16.3 Å². The lowest BCUT2D eigenvalue weighted by molar-refractivity contribution is -0.147. The van der Waals surface area contributed by atoms with Crippen LogP contribution in [0.5, 0.6) is 0 Å². The smallest absolute Gasteiger partial charge is 0.256 e. The van der Waals surface area contributed by atoms with Crippen molar-refractivity contribution < 1.29 is 9.53 Å². The Labute approximate surface area is 137 Å². The Hall–Kier alpha value is -1.43. The van der Waals surface area contributed by atoms with Crippen molar-refractivity contribution in [1.29, 1.82) is 0 Å². The number of amides is 1. The largest absolute Gasteiger partial charge is 0.363 e. The van der Waals surface area contributed by atoms with Crippen LogP contribution in [0.1, 0.15) is 23.7 Å². The summed E-state index contributed by atoms with van der Waals surface area (Å²) >= 11 is 0. The summed E-state index contributed by atoms with van der Waals surface area (Å²) in [4.78, 5) is 17.4. The molecule has 1 aromatic rings. The molecule has 5 nitrogen and oxygen atoms in total. The number of hydrogen-bond acceptors (Lipinski definition) is 4. The molecule has 0 bridgehead atoms. The predicted octanol–water partition coefficient (Wildman–Crippen LogP) is 0.807. The second-order valence-corrected chi connectivity index (χ2v) is 6.71. The number of fused-ring (bicyclic) bond motifs is 1. The van der Waals surface area contributed by atoms with Crippen LogP contribution < -0.4 is 5.32 Å². The van der Waals surface area contributed by atoms with Crippen LogP contribution in [0.3, 0.4) is 0 Å². The van der Waals surface area contributed by atoms with E-state index in [4.69, 9.17) is 4.74 Å². The molecule has 3 aliphatic heterocycles. The zero-order chi connectivity index (χ0) is 15.6. The molecule has 1 amide bonds. The highest BCUT2D eigenvalue weighted by atomic mass is 16.5. The van der Waals surface area contributed by atoms with E-state index in [1.54, 1.807) is 0 Å². The van der Waals surface area contributed by atoms with Crippen LogP contribution in [0.4, 0.5) is 0 Å². The molecule has 0 aromatic heterocycles. The lowest BCUT2D eigenvalue weighted by Gasteiger charge is -2.39. The minimum Gasteiger partial charge on any atom is -0.363 e. The molecule has 5 heteroatoms. The van der Waals surface area contributed by atoms with Crippen LogP contribution in [0.15, 0.2) is 24.3 Å². The summed E-state index contributed by atoms with van der Waals surface area (Å²) in [5.41, 5.74) is 2.32. The number of ether oxygens (including phenoxy) is 1. The number of carbonyl (C=O) groups excluding carboxylic acids is 1. The first kappa shape index (κ1) is 15.1. The Morgan fingerprint density at radius 1 is 1.17 bits per heavy atom. The molecule has 1 aromatic carbocycles. The standard InChI is InChI=1S/C18H25N3O2/c22-18(17-16-4-2-1-3-14(16)6-12-23-17)21-10-8-20(9-11-21)15-5-7-19-13-15/h1-4,15,17,19H,5-13H2. The Morgan fingerprint density at radius 2 is 2.00 bits per heavy atom. The summed E-state index contributed by atoms with van der Waals surface area (Å²) in [7, 11) is 0. The number of nitrogens with one attached hydrogen (secondary N) is 1. The molecule has 2 fully saturated rings. The minimum atomic E-state index is -0.403. The lowest BCUT2D eigenvalue weighted by atomic mass is 9.96. The van der Waals surface area contributed by atoms with Gasteiger partial charge < -0.3 is 15.0 Å². The first-order valence-electron chi connectivity index (χ1n) is 8.76. The number of rotatable bonds is 2. The van der Waals surface area contributed by atoms with E-state index >= 15 is 0 Å². The highest BCUT2D eigenvalue weighted by Gasteiger charge is 2.34. The molecule has 0 radical (unpaired) electrons. The van der Waals surface area contributed by atoms with Gasteiger partial charge in [0.15, 0.2) is 6.10 Å². The minimum absolute atomic E-state index is 0.140. The van der Waals surface area contributed by atoms with Crippen LogP contribution in [-0.2, 0) is 16.0 Å². The monoisotopic (exact) mass is 315 g/mol. The second kappa shape index (κ2) is 6.59. The van der Waals surface area contributed by atoms with Crippen LogP contribution in [-0.4, -0.2) is 67.6 Å². The summed E-state index contributed by atoms with van der Waals surface area (Å²) in [6.45, 7) is 6.44. The quantitative estimate of drug-likeness (QED) is 0.877. The SMILES string of the molecule is O=C(C1OCCc2ccccc21)N1CCN(C2CCNC2)CC1. The Bertz CT molecular complexity index is 563. The van der Waals surface area contributed by atoms with E-state index in [1.165, 1.54) is 12.0 Å². The molecule has 23 heavy (non-hydrogen) atoms. The fraction of sp³-hybridized carbons (Fsp3) is 0.611. The van der Waals surface area contributed by atoms with Gasteiger partial charge in [0, 0.05) is 38.8 Å². The van der Waals surface area contributed by atoms with Gasteiger partial charge in [0.05, 0.1) is 6.61 Å². The van der Waals surface area contributed by atoms with Crippen molar-refractivity contribution in [3.05, 3.63) is 35.4 Å². The molecule has 3 aliphatic rings. The zero-order valence-corrected chi connectivity index (χ0v) is 13.5. The fourth-order valence-electron chi connectivity index (χ4n) is 4.02. The van der Waals surface area contributed by atoms with E-state index in [0.29, 0.717) is 12.6 Å². The van der Waals surface area contributed by atoms with Gasteiger partial charge in [-0.05, 0) is 30.5 Å². The van der Waals surface area contributed by atoms with Gasteiger partial charge in [0.25, 0.3) is 5.91 Å². The van der Waals surface area contributed by atoms with E-state index in [9.17, 15) is 4.79 Å². The van der Waals surface area contributed by atoms with Crippen molar-refractivity contribution in [3.8, 4) is 0 Å². The molecule has 1 N–H and O–H groups in total. The van der Waals surface area contributed by atoms with Crippen molar-refractivity contribution in [2.24, 2.45) is 0 Å². The van der Waals surface area contributed by atoms with Gasteiger partial charge in [0.1, 0.15) is 0 Å². The molecule has 0 aliphatic carbocycles. The molecular formula is C18H25N3O2. The molecule has 4 rings (SSSR count). The van der Waals surface area contributed by atoms with Crippen LogP contribution in [0.25, 0.3) is 0 Å². The third kappa shape index (κ3) is 3.01. The van der Waals surface area contributed by atoms with Gasteiger partial charge in [0.2, 0.25) is 0 Å². The Balaban J connectivity index is 1.41. The van der Waals surface area contributed by atoms with Crippen LogP contribution >= 0.6 is 0 Å². The van der Waals surface area contributed by atoms with Crippen molar-refractivity contribution in [2.45, 2.75) is 25.0 Å². The molecule has 2 saturated heterocycles. The van der Waals surface area contributed by atoms with Crippen molar-refractivity contribution in [2.75, 3.05) is 45.9 Å². The van der Waals surface area contributed by atoms with E-state index in [1.807, 2.05) is 23.1 Å². The van der Waals surface area contributed by atoms with Crippen LogP contribution in [0, 0.1) is 0 Å². The highest BCUT2D eigenvalue weighted by Crippen LogP contribution is 2.29. The van der Waals surface area contributed by atoms with E-state index in [-0.39, 0.29) is 5.91 Å². The summed E-state index contributed by atoms with van der Waals surface area (Å²) in [6.07, 6.45) is 1.73. The Morgan fingerprint density at radius 3 is 2.78 bits per heavy atom. The third-order valence-corrected chi connectivity index (χ3v) is 5.39. The molecule has 0 spiro atoms. The van der Waals surface area contributed by atoms with Gasteiger partial charge >= 0.3 is 0 Å². The molecule has 2 unspecified atom stereocenters. The lowest BCUT2D eigenvalue weighted by Crippen LogP contribution is -2.53. The number of benzene rings is 1. The first-order chi connectivity index (χ1) is 11.3. The van der Waals surface area contributed by atoms with Gasteiger partial charge in [-0.2, -0.15) is 0 Å². The molecular weight excluding hydrogens is 290 g/mol. The van der Waals surface area contributed by atoms with E-state index < -0.39 is 6.10 Å². The summed E-state index contributed by atoms with van der Waals surface area (Å²) < 4.78 is 5.83. The molecule has 3 heterocycles. The summed E-state index contributed by atoms with van der Waals surface area (Å²) in [5.74, 6) is 0.140. The van der Waals surface area contributed by atoms with Crippen molar-refractivity contribution in [3.63, 3.8) is 0 Å². The van der Waals surface area contributed by atoms with Gasteiger partial charge in [-0.15, -0.1) is 0 Å². The van der Waals surface area contributed by atoms with Gasteiger partial charge in [-0.25, -0.2) is 0 Å². The maximum absolute atomic E-state index is 12.9. The number of carbonyl (C=O) groups is 1. The average molecular weight is 315 g/mol. The predicted molar refractivity (Wildman–Crippen MR) is 88.3 cm³/mol. The highest BCUT2D eigenvalue weighted by molar-refractivity contribution is 5.83. The van der Waals surface area contributed by atoms with E-state index in [0.717, 1.165) is 51.3 Å². The topological polar surface area (TPSA) is 44.8 Å². The first-order valence-corrected chi connectivity index (χ1v) is 8.76. The van der Waals surface area contributed by atoms with Crippen molar-refractivity contribution in [1.82, 2.24) is 15.1 Å². The summed E-state index contributed by atoms with van der Waals surface area (Å²) in [5, 5.41) is 3.42. The van der Waals surface area contributed by atoms with Gasteiger partial charge in [-0.3, -0.25) is 9.69 Å². The second-order valence-electron chi connectivity index (χ2n) is 6.71. The summed E-state index contributed by atoms with van der Waals surface area (Å²) in [6, 6.07) is 8.85. The average Bonchev–Trinajstić information content (AvgIpc) is 3.15. The number of piperazine rings is 1. The zero-order valence-electron chi connectivity index (χ0n) is 13.5. The Kier molecular flexibility index (Phi) is 4.33. The maximum atomic E-state index is 12.9. The maximum Gasteiger partial charge on any atom is 0.256 e. The van der Waals surface area contributed by atoms with Crippen LogP contribution in [0.2, 0.25) is 0 Å². The third-order valence-electron chi connectivity index (χ3n) is 5.39. The fourth-order valence-corrected chi connectivity index (χ4v) is 4.02. The molecule has 0 saturated carbocycles. The molecule has 2 atom stereocenters.